The van der Waals surface area contributed by atoms with Gasteiger partial charge in [-0.15, -0.1) is 0 Å². The summed E-state index contributed by atoms with van der Waals surface area (Å²) in [5.41, 5.74) is 5.92. The molecule has 0 radical (unpaired) electrons. The fraction of sp³-hybridized carbons (Fsp3) is 0.333. The predicted octanol–water partition coefficient (Wildman–Crippen LogP) is 2.75. The molecule has 1 unspecified atom stereocenters. The van der Waals surface area contributed by atoms with Gasteiger partial charge in [0, 0.05) is 50.4 Å². The Balaban J connectivity index is 1.07. The summed E-state index contributed by atoms with van der Waals surface area (Å²) >= 11 is 0. The summed E-state index contributed by atoms with van der Waals surface area (Å²) in [5, 5.41) is 25.9. The van der Waals surface area contributed by atoms with Gasteiger partial charge in [0.2, 0.25) is 0 Å². The first-order chi connectivity index (χ1) is 18.6. The monoisotopic (exact) mass is 514 g/mol. The van der Waals surface area contributed by atoms with Crippen molar-refractivity contribution in [1.29, 1.82) is 0 Å². The van der Waals surface area contributed by atoms with Crippen LogP contribution in [0.5, 0.6) is 0 Å². The maximum absolute atomic E-state index is 12.7. The van der Waals surface area contributed by atoms with Gasteiger partial charge in [0.15, 0.2) is 0 Å². The molecule has 2 aliphatic rings. The number of nitrogens with zero attached hydrogens (tertiary/aromatic N) is 3. The zero-order chi connectivity index (χ0) is 26.3. The minimum Gasteiger partial charge on any atom is -0.394 e. The molecule has 2 atom stereocenters. The topological polar surface area (TPSA) is 97.6 Å². The van der Waals surface area contributed by atoms with Crippen molar-refractivity contribution in [3.63, 3.8) is 0 Å². The maximum Gasteiger partial charge on any atom is 0.251 e. The molecule has 8 heteroatoms. The van der Waals surface area contributed by atoms with Crippen LogP contribution < -0.4 is 10.2 Å². The second-order valence-corrected chi connectivity index (χ2v) is 9.79. The van der Waals surface area contributed by atoms with Gasteiger partial charge in [-0.2, -0.15) is 0 Å². The fourth-order valence-corrected chi connectivity index (χ4v) is 4.87. The SMILES string of the molecule is O=C(NCC1CC(c2ccc(-c3ccccc3)cc2)=NO1)c1ccc(N2CCN(C[C@H](O)CO)CC2)cc1. The van der Waals surface area contributed by atoms with E-state index in [1.54, 1.807) is 0 Å². The lowest BCUT2D eigenvalue weighted by Gasteiger charge is -2.36. The van der Waals surface area contributed by atoms with Crippen molar-refractivity contribution in [1.82, 2.24) is 10.2 Å². The number of carbonyl (C=O) groups excluding carboxylic acids is 1. The number of aliphatic hydroxyl groups excluding tert-OH is 2. The number of hydrogen-bond acceptors (Lipinski definition) is 7. The minimum atomic E-state index is -0.696. The predicted molar refractivity (Wildman–Crippen MR) is 148 cm³/mol. The number of nitrogens with one attached hydrogen (secondary N) is 1. The molecule has 3 aromatic rings. The van der Waals surface area contributed by atoms with Crippen molar-refractivity contribution in [2.45, 2.75) is 18.6 Å². The third-order valence-corrected chi connectivity index (χ3v) is 7.10. The average molecular weight is 515 g/mol. The molecule has 3 N–H and O–H groups in total. The van der Waals surface area contributed by atoms with Crippen molar-refractivity contribution in [3.05, 3.63) is 90.0 Å². The van der Waals surface area contributed by atoms with Gasteiger partial charge in [0.05, 0.1) is 25.0 Å². The smallest absolute Gasteiger partial charge is 0.251 e. The zero-order valence-corrected chi connectivity index (χ0v) is 21.4. The van der Waals surface area contributed by atoms with Gasteiger partial charge in [-0.1, -0.05) is 59.8 Å². The van der Waals surface area contributed by atoms with Gasteiger partial charge in [-0.25, -0.2) is 0 Å². The first-order valence-electron chi connectivity index (χ1n) is 13.1. The summed E-state index contributed by atoms with van der Waals surface area (Å²) in [6.07, 6.45) is -0.244. The molecule has 2 aliphatic heterocycles. The van der Waals surface area contributed by atoms with Gasteiger partial charge in [-0.3, -0.25) is 9.69 Å². The van der Waals surface area contributed by atoms with Crippen LogP contribution in [0.4, 0.5) is 5.69 Å². The lowest BCUT2D eigenvalue weighted by atomic mass is 10.00. The molecule has 0 aromatic heterocycles. The standard InChI is InChI=1S/C30H34N4O4/c35-21-27(36)20-33-14-16-34(17-15-33)26-12-10-25(11-13-26)30(37)31-19-28-18-29(32-38-28)24-8-6-23(7-9-24)22-4-2-1-3-5-22/h1-13,27-28,35-36H,14-21H2,(H,31,37)/t27-,28?/m0/s1. The number of aliphatic hydroxyl groups is 2. The number of amides is 1. The molecular formula is C30H34N4O4. The Kier molecular flexibility index (Phi) is 8.33. The quantitative estimate of drug-likeness (QED) is 0.406. The number of oxime groups is 1. The van der Waals surface area contributed by atoms with Gasteiger partial charge in [0.25, 0.3) is 5.91 Å². The van der Waals surface area contributed by atoms with E-state index in [9.17, 15) is 9.90 Å². The van der Waals surface area contributed by atoms with Crippen LogP contribution in [0.15, 0.2) is 84.0 Å². The molecule has 198 valence electrons. The van der Waals surface area contributed by atoms with Crippen LogP contribution in [0.3, 0.4) is 0 Å². The van der Waals surface area contributed by atoms with Crippen molar-refractivity contribution in [3.8, 4) is 11.1 Å². The lowest BCUT2D eigenvalue weighted by Crippen LogP contribution is -2.49. The van der Waals surface area contributed by atoms with E-state index in [4.69, 9.17) is 9.94 Å². The van der Waals surface area contributed by atoms with E-state index in [-0.39, 0.29) is 18.6 Å². The van der Waals surface area contributed by atoms with Gasteiger partial charge in [0.1, 0.15) is 6.10 Å². The first kappa shape index (κ1) is 25.9. The Morgan fingerprint density at radius 2 is 1.58 bits per heavy atom. The molecule has 1 fully saturated rings. The molecule has 8 nitrogen and oxygen atoms in total. The Morgan fingerprint density at radius 3 is 2.26 bits per heavy atom. The Bertz CT molecular complexity index is 1220. The number of benzene rings is 3. The molecule has 38 heavy (non-hydrogen) atoms. The van der Waals surface area contributed by atoms with Crippen LogP contribution in [0, 0.1) is 0 Å². The Morgan fingerprint density at radius 1 is 0.921 bits per heavy atom. The molecule has 2 heterocycles. The van der Waals surface area contributed by atoms with Crippen LogP contribution in [0.25, 0.3) is 11.1 Å². The normalized spacial score (nSPS) is 18.5. The Labute approximate surface area is 223 Å². The number of β-amino-alcohol motifs (C(OH)–C–C–N with tert-alkyl or cyclic N) is 1. The van der Waals surface area contributed by atoms with Crippen LogP contribution in [-0.4, -0.2) is 84.8 Å². The number of anilines is 1. The third kappa shape index (κ3) is 6.39. The second kappa shape index (κ2) is 12.2. The van der Waals surface area contributed by atoms with E-state index >= 15 is 0 Å². The first-order valence-corrected chi connectivity index (χ1v) is 13.1. The molecular weight excluding hydrogens is 480 g/mol. The molecule has 0 bridgehead atoms. The largest absolute Gasteiger partial charge is 0.394 e. The summed E-state index contributed by atoms with van der Waals surface area (Å²) in [6.45, 7) is 3.97. The summed E-state index contributed by atoms with van der Waals surface area (Å²) in [7, 11) is 0. The van der Waals surface area contributed by atoms with Crippen molar-refractivity contribution >= 4 is 17.3 Å². The number of carbonyl (C=O) groups is 1. The highest BCUT2D eigenvalue weighted by Gasteiger charge is 2.23. The summed E-state index contributed by atoms with van der Waals surface area (Å²) in [4.78, 5) is 22.7. The summed E-state index contributed by atoms with van der Waals surface area (Å²) < 4.78 is 0. The van der Waals surface area contributed by atoms with Crippen LogP contribution in [0.2, 0.25) is 0 Å². The number of hydrogen-bond donors (Lipinski definition) is 3. The van der Waals surface area contributed by atoms with E-state index in [0.717, 1.165) is 48.7 Å². The van der Waals surface area contributed by atoms with Crippen molar-refractivity contribution in [2.75, 3.05) is 50.8 Å². The summed E-state index contributed by atoms with van der Waals surface area (Å²) in [5.74, 6) is -0.136. The second-order valence-electron chi connectivity index (χ2n) is 9.79. The van der Waals surface area contributed by atoms with Gasteiger partial charge >= 0.3 is 0 Å². The van der Waals surface area contributed by atoms with Crippen LogP contribution in [0.1, 0.15) is 22.3 Å². The molecule has 5 rings (SSSR count). The zero-order valence-electron chi connectivity index (χ0n) is 21.4. The highest BCUT2D eigenvalue weighted by Crippen LogP contribution is 2.22. The van der Waals surface area contributed by atoms with Crippen LogP contribution in [-0.2, 0) is 4.84 Å². The minimum absolute atomic E-state index is 0.136. The maximum atomic E-state index is 12.7. The van der Waals surface area contributed by atoms with Crippen molar-refractivity contribution < 1.29 is 19.8 Å². The molecule has 0 saturated carbocycles. The molecule has 1 saturated heterocycles. The molecule has 3 aromatic carbocycles. The Hall–Kier alpha value is -3.72. The van der Waals surface area contributed by atoms with E-state index in [2.05, 4.69) is 56.7 Å². The van der Waals surface area contributed by atoms with E-state index in [1.165, 1.54) is 5.56 Å². The third-order valence-electron chi connectivity index (χ3n) is 7.10. The van der Waals surface area contributed by atoms with E-state index < -0.39 is 6.10 Å². The van der Waals surface area contributed by atoms with E-state index in [1.807, 2.05) is 42.5 Å². The van der Waals surface area contributed by atoms with Crippen molar-refractivity contribution in [2.24, 2.45) is 5.16 Å². The summed E-state index contributed by atoms with van der Waals surface area (Å²) in [6, 6.07) is 26.2. The fourth-order valence-electron chi connectivity index (χ4n) is 4.87. The van der Waals surface area contributed by atoms with Gasteiger partial charge < -0.3 is 25.3 Å². The highest BCUT2D eigenvalue weighted by molar-refractivity contribution is 6.01. The highest BCUT2D eigenvalue weighted by atomic mass is 16.6. The molecule has 0 spiro atoms. The van der Waals surface area contributed by atoms with E-state index in [0.29, 0.717) is 25.1 Å². The number of rotatable bonds is 9. The van der Waals surface area contributed by atoms with Crippen LogP contribution >= 0.6 is 0 Å². The average Bonchev–Trinajstić information content (AvgIpc) is 3.46. The molecule has 0 aliphatic carbocycles. The van der Waals surface area contributed by atoms with Gasteiger partial charge in [-0.05, 0) is 41.0 Å². The number of piperazine rings is 1. The lowest BCUT2D eigenvalue weighted by molar-refractivity contribution is 0.0575. The molecule has 1 amide bonds.